The summed E-state index contributed by atoms with van der Waals surface area (Å²) in [5.41, 5.74) is 0. The SMILES string of the molecule is c1cnn([C@H]2C[C@H]3CN(C4CCCC4)C[C@H]3C[C@@H]2OCC2CC2)c1. The molecule has 0 spiro atoms. The molecule has 1 aliphatic heterocycles. The van der Waals surface area contributed by atoms with Gasteiger partial charge in [-0.05, 0) is 62.3 Å². The Hall–Kier alpha value is -0.870. The minimum absolute atomic E-state index is 0.371. The van der Waals surface area contributed by atoms with E-state index in [1.165, 1.54) is 64.5 Å². The Morgan fingerprint density at radius 3 is 2.50 bits per heavy atom. The molecule has 4 aliphatic rings. The van der Waals surface area contributed by atoms with Crippen molar-refractivity contribution >= 4 is 0 Å². The Balaban J connectivity index is 1.29. The van der Waals surface area contributed by atoms with E-state index in [9.17, 15) is 0 Å². The molecule has 4 atom stereocenters. The highest BCUT2D eigenvalue weighted by Gasteiger charge is 2.45. The van der Waals surface area contributed by atoms with Gasteiger partial charge < -0.3 is 4.74 Å². The summed E-state index contributed by atoms with van der Waals surface area (Å²) in [6.07, 6.45) is 15.4. The maximum absolute atomic E-state index is 6.43. The van der Waals surface area contributed by atoms with Crippen molar-refractivity contribution < 1.29 is 4.74 Å². The highest BCUT2D eigenvalue weighted by atomic mass is 16.5. The van der Waals surface area contributed by atoms with E-state index in [1.807, 2.05) is 6.20 Å². The molecule has 4 heteroatoms. The number of likely N-dealkylation sites (tertiary alicyclic amines) is 1. The molecular formula is C20H31N3O. The Morgan fingerprint density at radius 1 is 1.00 bits per heavy atom. The summed E-state index contributed by atoms with van der Waals surface area (Å²) in [5.74, 6) is 2.54. The van der Waals surface area contributed by atoms with Crippen molar-refractivity contribution in [3.05, 3.63) is 18.5 Å². The minimum Gasteiger partial charge on any atom is -0.376 e. The van der Waals surface area contributed by atoms with Crippen LogP contribution < -0.4 is 0 Å². The Kier molecular flexibility index (Phi) is 4.14. The summed E-state index contributed by atoms with van der Waals surface area (Å²) in [7, 11) is 0. The topological polar surface area (TPSA) is 30.3 Å². The molecule has 3 aliphatic carbocycles. The summed E-state index contributed by atoms with van der Waals surface area (Å²) in [5, 5.41) is 4.57. The lowest BCUT2D eigenvalue weighted by atomic mass is 9.77. The summed E-state index contributed by atoms with van der Waals surface area (Å²) < 4.78 is 8.62. The van der Waals surface area contributed by atoms with Crippen molar-refractivity contribution in [3.8, 4) is 0 Å². The van der Waals surface area contributed by atoms with E-state index >= 15 is 0 Å². The smallest absolute Gasteiger partial charge is 0.0802 e. The Labute approximate surface area is 145 Å². The third kappa shape index (κ3) is 3.03. The van der Waals surface area contributed by atoms with Crippen LogP contribution >= 0.6 is 0 Å². The van der Waals surface area contributed by atoms with E-state index in [4.69, 9.17) is 4.74 Å². The molecule has 0 unspecified atom stereocenters. The molecule has 4 nitrogen and oxygen atoms in total. The fraction of sp³-hybridized carbons (Fsp3) is 0.850. The number of ether oxygens (including phenoxy) is 1. The number of hydrogen-bond donors (Lipinski definition) is 0. The zero-order chi connectivity index (χ0) is 15.9. The molecule has 0 bridgehead atoms. The van der Waals surface area contributed by atoms with Crippen LogP contribution in [0.4, 0.5) is 0 Å². The molecule has 0 amide bonds. The second kappa shape index (κ2) is 6.45. The van der Waals surface area contributed by atoms with Gasteiger partial charge in [0, 0.05) is 38.1 Å². The number of aromatic nitrogens is 2. The molecule has 1 aromatic rings. The highest BCUT2D eigenvalue weighted by Crippen LogP contribution is 2.44. The van der Waals surface area contributed by atoms with Gasteiger partial charge >= 0.3 is 0 Å². The Morgan fingerprint density at radius 2 is 1.79 bits per heavy atom. The highest BCUT2D eigenvalue weighted by molar-refractivity contribution is 4.98. The third-order valence-electron chi connectivity index (χ3n) is 7.06. The zero-order valence-corrected chi connectivity index (χ0v) is 14.7. The lowest BCUT2D eigenvalue weighted by Crippen LogP contribution is -2.38. The lowest BCUT2D eigenvalue weighted by molar-refractivity contribution is -0.0371. The van der Waals surface area contributed by atoms with E-state index in [2.05, 4.69) is 26.9 Å². The van der Waals surface area contributed by atoms with Crippen molar-refractivity contribution in [2.24, 2.45) is 17.8 Å². The second-order valence-electron chi connectivity index (χ2n) is 8.75. The van der Waals surface area contributed by atoms with Gasteiger partial charge in [-0.15, -0.1) is 0 Å². The monoisotopic (exact) mass is 329 g/mol. The molecule has 4 fully saturated rings. The van der Waals surface area contributed by atoms with E-state index in [-0.39, 0.29) is 0 Å². The van der Waals surface area contributed by atoms with Crippen LogP contribution in [0.3, 0.4) is 0 Å². The third-order valence-corrected chi connectivity index (χ3v) is 7.06. The summed E-state index contributed by atoms with van der Waals surface area (Å²) >= 11 is 0. The van der Waals surface area contributed by atoms with Crippen LogP contribution in [-0.4, -0.2) is 46.5 Å². The van der Waals surface area contributed by atoms with Gasteiger partial charge in [-0.25, -0.2) is 0 Å². The van der Waals surface area contributed by atoms with Crippen molar-refractivity contribution in [2.45, 2.75) is 69.6 Å². The van der Waals surface area contributed by atoms with Gasteiger partial charge in [0.2, 0.25) is 0 Å². The normalized spacial score (nSPS) is 37.8. The van der Waals surface area contributed by atoms with Crippen LogP contribution in [0.2, 0.25) is 0 Å². The Bertz CT molecular complexity index is 535. The molecule has 1 aromatic heterocycles. The van der Waals surface area contributed by atoms with Gasteiger partial charge in [-0.3, -0.25) is 9.58 Å². The summed E-state index contributed by atoms with van der Waals surface area (Å²) in [4.78, 5) is 2.83. The van der Waals surface area contributed by atoms with E-state index in [0.717, 1.165) is 30.4 Å². The van der Waals surface area contributed by atoms with Crippen LogP contribution in [0.1, 0.15) is 57.4 Å². The van der Waals surface area contributed by atoms with Crippen molar-refractivity contribution in [1.29, 1.82) is 0 Å². The van der Waals surface area contributed by atoms with Crippen molar-refractivity contribution in [1.82, 2.24) is 14.7 Å². The molecule has 0 aromatic carbocycles. The first-order valence-corrected chi connectivity index (χ1v) is 10.2. The second-order valence-corrected chi connectivity index (χ2v) is 8.75. The zero-order valence-electron chi connectivity index (χ0n) is 14.7. The van der Waals surface area contributed by atoms with Crippen molar-refractivity contribution in [3.63, 3.8) is 0 Å². The molecule has 5 rings (SSSR count). The van der Waals surface area contributed by atoms with Gasteiger partial charge in [-0.1, -0.05) is 12.8 Å². The largest absolute Gasteiger partial charge is 0.376 e. The van der Waals surface area contributed by atoms with E-state index < -0.39 is 0 Å². The van der Waals surface area contributed by atoms with Gasteiger partial charge in [0.1, 0.15) is 0 Å². The fourth-order valence-corrected chi connectivity index (χ4v) is 5.47. The maximum Gasteiger partial charge on any atom is 0.0802 e. The van der Waals surface area contributed by atoms with Gasteiger partial charge in [-0.2, -0.15) is 5.10 Å². The molecule has 24 heavy (non-hydrogen) atoms. The van der Waals surface area contributed by atoms with Crippen LogP contribution in [0.15, 0.2) is 18.5 Å². The summed E-state index contributed by atoms with van der Waals surface area (Å²) in [6.45, 7) is 3.62. The van der Waals surface area contributed by atoms with E-state index in [1.54, 1.807) is 0 Å². The lowest BCUT2D eigenvalue weighted by Gasteiger charge is -2.38. The van der Waals surface area contributed by atoms with Crippen LogP contribution in [0, 0.1) is 17.8 Å². The molecule has 3 saturated carbocycles. The van der Waals surface area contributed by atoms with Gasteiger partial charge in [0.05, 0.1) is 12.1 Å². The average molecular weight is 329 g/mol. The first-order chi connectivity index (χ1) is 11.9. The number of hydrogen-bond acceptors (Lipinski definition) is 3. The van der Waals surface area contributed by atoms with Gasteiger partial charge in [0.25, 0.3) is 0 Å². The standard InChI is InChI=1S/C20H31N3O/c1-2-5-18(4-1)22-12-16-10-19(23-9-3-8-21-23)20(11-17(16)13-22)24-14-15-6-7-15/h3,8-9,15-20H,1-2,4-7,10-14H2/t16-,17+,19-,20-/m0/s1. The predicted octanol–water partition coefficient (Wildman–Crippen LogP) is 3.50. The first-order valence-electron chi connectivity index (χ1n) is 10.2. The fourth-order valence-electron chi connectivity index (χ4n) is 5.47. The van der Waals surface area contributed by atoms with Crippen LogP contribution in [0.5, 0.6) is 0 Å². The van der Waals surface area contributed by atoms with Crippen LogP contribution in [-0.2, 0) is 4.74 Å². The number of nitrogens with zero attached hydrogens (tertiary/aromatic N) is 3. The quantitative estimate of drug-likeness (QED) is 0.828. The van der Waals surface area contributed by atoms with E-state index in [0.29, 0.717) is 12.1 Å². The number of fused-ring (bicyclic) bond motifs is 1. The predicted molar refractivity (Wildman–Crippen MR) is 93.8 cm³/mol. The summed E-state index contributed by atoms with van der Waals surface area (Å²) in [6, 6.07) is 3.39. The molecular weight excluding hydrogens is 298 g/mol. The minimum atomic E-state index is 0.371. The van der Waals surface area contributed by atoms with Crippen LogP contribution in [0.25, 0.3) is 0 Å². The average Bonchev–Trinajstić information content (AvgIpc) is 3.06. The van der Waals surface area contributed by atoms with Crippen molar-refractivity contribution in [2.75, 3.05) is 19.7 Å². The molecule has 2 heterocycles. The molecule has 132 valence electrons. The van der Waals surface area contributed by atoms with Gasteiger partial charge in [0.15, 0.2) is 0 Å². The first kappa shape index (κ1) is 15.4. The molecule has 1 saturated heterocycles. The number of rotatable bonds is 5. The maximum atomic E-state index is 6.43. The molecule has 0 radical (unpaired) electrons. The molecule has 0 N–H and O–H groups in total.